The van der Waals surface area contributed by atoms with Crippen molar-refractivity contribution in [2.24, 2.45) is 5.92 Å². The van der Waals surface area contributed by atoms with Gasteiger partial charge in [0.05, 0.1) is 18.8 Å². The van der Waals surface area contributed by atoms with E-state index >= 15 is 0 Å². The number of halogens is 1. The summed E-state index contributed by atoms with van der Waals surface area (Å²) in [4.78, 5) is 12.2. The fraction of sp³-hybridized carbons (Fsp3) is 0.316. The maximum absolute atomic E-state index is 14.0. The van der Waals surface area contributed by atoms with Gasteiger partial charge in [-0.2, -0.15) is 0 Å². The van der Waals surface area contributed by atoms with E-state index in [2.05, 4.69) is 5.32 Å². The third kappa shape index (κ3) is 3.92. The van der Waals surface area contributed by atoms with Crippen LogP contribution >= 0.6 is 0 Å². The van der Waals surface area contributed by atoms with Gasteiger partial charge in [-0.15, -0.1) is 0 Å². The molecule has 1 amide bonds. The van der Waals surface area contributed by atoms with Gasteiger partial charge >= 0.3 is 0 Å². The van der Waals surface area contributed by atoms with Gasteiger partial charge < -0.3 is 14.8 Å². The van der Waals surface area contributed by atoms with Crippen LogP contribution in [0.4, 0.5) is 10.1 Å². The van der Waals surface area contributed by atoms with Crippen LogP contribution in [0.2, 0.25) is 0 Å². The fourth-order valence-electron chi connectivity index (χ4n) is 2.58. The Kier molecular flexibility index (Phi) is 5.11. The average molecular weight is 329 g/mol. The lowest BCUT2D eigenvalue weighted by Gasteiger charge is -2.11. The van der Waals surface area contributed by atoms with Gasteiger partial charge in [-0.05, 0) is 49.2 Å². The highest BCUT2D eigenvalue weighted by Crippen LogP contribution is 2.20. The molecule has 1 N–H and O–H groups in total. The van der Waals surface area contributed by atoms with Crippen LogP contribution in [0.5, 0.6) is 5.75 Å². The summed E-state index contributed by atoms with van der Waals surface area (Å²) < 4.78 is 25.0. The molecular weight excluding hydrogens is 309 g/mol. The predicted molar refractivity (Wildman–Crippen MR) is 90.0 cm³/mol. The predicted octanol–water partition coefficient (Wildman–Crippen LogP) is 3.80. The first-order valence-corrected chi connectivity index (χ1v) is 8.00. The van der Waals surface area contributed by atoms with Crippen molar-refractivity contribution in [1.29, 1.82) is 0 Å². The van der Waals surface area contributed by atoms with E-state index in [4.69, 9.17) is 9.47 Å². The molecule has 2 aromatic rings. The maximum atomic E-state index is 14.0. The Morgan fingerprint density at radius 1 is 1.29 bits per heavy atom. The van der Waals surface area contributed by atoms with Crippen molar-refractivity contribution in [1.82, 2.24) is 0 Å². The van der Waals surface area contributed by atoms with Crippen LogP contribution in [-0.2, 0) is 4.74 Å². The van der Waals surface area contributed by atoms with E-state index in [1.807, 2.05) is 0 Å². The highest BCUT2D eigenvalue weighted by molar-refractivity contribution is 6.04. The van der Waals surface area contributed by atoms with Crippen molar-refractivity contribution in [3.63, 3.8) is 0 Å². The molecule has 0 saturated carbocycles. The summed E-state index contributed by atoms with van der Waals surface area (Å²) in [7, 11) is 0. The Balaban J connectivity index is 1.59. The molecule has 1 aliphatic rings. The smallest absolute Gasteiger partial charge is 0.258 e. The Labute approximate surface area is 140 Å². The van der Waals surface area contributed by atoms with Gasteiger partial charge in [0.25, 0.3) is 5.91 Å². The number of rotatable bonds is 5. The molecule has 0 spiro atoms. The SMILES string of the molecule is Cc1cccc(C(=O)Nc2ccc(OCC3CCOC3)cc2)c1F. The number of nitrogens with one attached hydrogen (secondary N) is 1. The van der Waals surface area contributed by atoms with E-state index in [0.717, 1.165) is 25.4 Å². The summed E-state index contributed by atoms with van der Waals surface area (Å²) in [6.07, 6.45) is 1.02. The lowest BCUT2D eigenvalue weighted by atomic mass is 10.1. The van der Waals surface area contributed by atoms with Crippen LogP contribution in [0.15, 0.2) is 42.5 Å². The van der Waals surface area contributed by atoms with Crippen LogP contribution < -0.4 is 10.1 Å². The van der Waals surface area contributed by atoms with E-state index in [-0.39, 0.29) is 5.56 Å². The van der Waals surface area contributed by atoms with Gasteiger partial charge in [0.15, 0.2) is 0 Å². The minimum atomic E-state index is -0.492. The normalized spacial score (nSPS) is 16.8. The zero-order valence-corrected chi connectivity index (χ0v) is 13.5. The monoisotopic (exact) mass is 329 g/mol. The molecule has 1 heterocycles. The quantitative estimate of drug-likeness (QED) is 0.907. The Morgan fingerprint density at radius 3 is 2.79 bits per heavy atom. The summed E-state index contributed by atoms with van der Waals surface area (Å²) in [6, 6.07) is 11.8. The molecule has 1 fully saturated rings. The number of aryl methyl sites for hydroxylation is 1. The van der Waals surface area contributed by atoms with Crippen molar-refractivity contribution >= 4 is 11.6 Å². The number of anilines is 1. The molecule has 126 valence electrons. The molecule has 3 rings (SSSR count). The molecule has 1 unspecified atom stereocenters. The Bertz CT molecular complexity index is 709. The second-order valence-electron chi connectivity index (χ2n) is 5.96. The fourth-order valence-corrected chi connectivity index (χ4v) is 2.58. The number of hydrogen-bond donors (Lipinski definition) is 1. The molecule has 0 radical (unpaired) electrons. The molecule has 0 aliphatic carbocycles. The highest BCUT2D eigenvalue weighted by atomic mass is 19.1. The van der Waals surface area contributed by atoms with Gasteiger partial charge in [0.1, 0.15) is 11.6 Å². The van der Waals surface area contributed by atoms with Gasteiger partial charge in [0, 0.05) is 18.2 Å². The summed E-state index contributed by atoms with van der Waals surface area (Å²) in [5.41, 5.74) is 1.08. The lowest BCUT2D eigenvalue weighted by molar-refractivity contribution is 0.102. The lowest BCUT2D eigenvalue weighted by Crippen LogP contribution is -2.14. The van der Waals surface area contributed by atoms with Crippen LogP contribution in [-0.4, -0.2) is 25.7 Å². The number of amides is 1. The van der Waals surface area contributed by atoms with E-state index in [1.54, 1.807) is 43.3 Å². The van der Waals surface area contributed by atoms with Gasteiger partial charge in [-0.3, -0.25) is 4.79 Å². The standard InChI is InChI=1S/C19H20FNO3/c1-13-3-2-4-17(18(13)20)19(22)21-15-5-7-16(8-6-15)24-12-14-9-10-23-11-14/h2-8,14H,9-12H2,1H3,(H,21,22). The molecule has 1 saturated heterocycles. The van der Waals surface area contributed by atoms with Crippen LogP contribution in [0.1, 0.15) is 22.3 Å². The molecule has 0 aromatic heterocycles. The zero-order chi connectivity index (χ0) is 16.9. The van der Waals surface area contributed by atoms with E-state index in [0.29, 0.717) is 23.8 Å². The van der Waals surface area contributed by atoms with Crippen molar-refractivity contribution in [2.45, 2.75) is 13.3 Å². The van der Waals surface area contributed by atoms with Crippen LogP contribution in [0.3, 0.4) is 0 Å². The minimum absolute atomic E-state index is 0.0385. The van der Waals surface area contributed by atoms with Gasteiger partial charge in [0.2, 0.25) is 0 Å². The van der Waals surface area contributed by atoms with Crippen molar-refractivity contribution in [2.75, 3.05) is 25.1 Å². The number of carbonyl (C=O) groups excluding carboxylic acids is 1. The third-order valence-corrected chi connectivity index (χ3v) is 4.06. The molecule has 5 heteroatoms. The van der Waals surface area contributed by atoms with Crippen molar-refractivity contribution in [3.8, 4) is 5.75 Å². The minimum Gasteiger partial charge on any atom is -0.493 e. The number of ether oxygens (including phenoxy) is 2. The summed E-state index contributed by atoms with van der Waals surface area (Å²) >= 11 is 0. The average Bonchev–Trinajstić information content (AvgIpc) is 3.10. The number of hydrogen-bond acceptors (Lipinski definition) is 3. The Morgan fingerprint density at radius 2 is 2.08 bits per heavy atom. The molecule has 4 nitrogen and oxygen atoms in total. The number of carbonyl (C=O) groups is 1. The maximum Gasteiger partial charge on any atom is 0.258 e. The number of benzene rings is 2. The van der Waals surface area contributed by atoms with Gasteiger partial charge in [-0.1, -0.05) is 12.1 Å². The highest BCUT2D eigenvalue weighted by Gasteiger charge is 2.16. The Hall–Kier alpha value is -2.40. The first-order chi connectivity index (χ1) is 11.6. The largest absolute Gasteiger partial charge is 0.493 e. The summed E-state index contributed by atoms with van der Waals surface area (Å²) in [5.74, 6) is 0.219. The second-order valence-corrected chi connectivity index (χ2v) is 5.96. The topological polar surface area (TPSA) is 47.6 Å². The summed E-state index contributed by atoms with van der Waals surface area (Å²) in [6.45, 7) is 3.80. The molecular formula is C19H20FNO3. The van der Waals surface area contributed by atoms with Crippen LogP contribution in [0.25, 0.3) is 0 Å². The molecule has 0 bridgehead atoms. The first kappa shape index (κ1) is 16.5. The van der Waals surface area contributed by atoms with E-state index < -0.39 is 11.7 Å². The van der Waals surface area contributed by atoms with E-state index in [9.17, 15) is 9.18 Å². The van der Waals surface area contributed by atoms with Crippen molar-refractivity contribution in [3.05, 3.63) is 59.4 Å². The van der Waals surface area contributed by atoms with Crippen molar-refractivity contribution < 1.29 is 18.7 Å². The van der Waals surface area contributed by atoms with Gasteiger partial charge in [-0.25, -0.2) is 4.39 Å². The first-order valence-electron chi connectivity index (χ1n) is 8.00. The third-order valence-electron chi connectivity index (χ3n) is 4.06. The zero-order valence-electron chi connectivity index (χ0n) is 13.5. The molecule has 2 aromatic carbocycles. The second kappa shape index (κ2) is 7.45. The van der Waals surface area contributed by atoms with E-state index in [1.165, 1.54) is 6.07 Å². The molecule has 24 heavy (non-hydrogen) atoms. The molecule has 1 atom stereocenters. The van der Waals surface area contributed by atoms with Crippen LogP contribution in [0, 0.1) is 18.7 Å². The molecule has 1 aliphatic heterocycles. The summed E-state index contributed by atoms with van der Waals surface area (Å²) in [5, 5.41) is 2.70.